The highest BCUT2D eigenvalue weighted by molar-refractivity contribution is 7.11. The summed E-state index contributed by atoms with van der Waals surface area (Å²) in [6, 6.07) is 0.347. The Kier molecular flexibility index (Phi) is 4.70. The number of rotatable bonds is 5. The molecule has 15 heavy (non-hydrogen) atoms. The molecule has 0 aliphatic carbocycles. The molecule has 1 heterocycles. The number of nitrogens with one attached hydrogen (secondary N) is 1. The molecule has 0 radical (unpaired) electrons. The van der Waals surface area contributed by atoms with E-state index in [0.717, 1.165) is 17.2 Å². The lowest BCUT2D eigenvalue weighted by Gasteiger charge is -2.19. The number of nitrogens with zero attached hydrogens (tertiary/aromatic N) is 1. The third-order valence-corrected chi connectivity index (χ3v) is 3.80. The van der Waals surface area contributed by atoms with E-state index in [1.165, 1.54) is 4.88 Å². The van der Waals surface area contributed by atoms with Gasteiger partial charge in [-0.15, -0.1) is 11.3 Å². The van der Waals surface area contributed by atoms with Crippen molar-refractivity contribution >= 4 is 11.3 Å². The van der Waals surface area contributed by atoms with Crippen LogP contribution in [0.3, 0.4) is 0 Å². The maximum absolute atomic E-state index is 5.25. The minimum absolute atomic E-state index is 0.229. The second-order valence-electron chi connectivity index (χ2n) is 3.86. The van der Waals surface area contributed by atoms with Gasteiger partial charge in [0.2, 0.25) is 0 Å². The number of ether oxygens (including phenoxy) is 1. The van der Waals surface area contributed by atoms with E-state index >= 15 is 0 Å². The Balaban J connectivity index is 2.43. The van der Waals surface area contributed by atoms with Crippen LogP contribution >= 0.6 is 11.3 Å². The van der Waals surface area contributed by atoms with Gasteiger partial charge < -0.3 is 10.1 Å². The van der Waals surface area contributed by atoms with Crippen molar-refractivity contribution in [2.75, 3.05) is 7.11 Å². The first-order chi connectivity index (χ1) is 7.04. The summed E-state index contributed by atoms with van der Waals surface area (Å²) in [7, 11) is 1.74. The predicted molar refractivity (Wildman–Crippen MR) is 64.4 cm³/mol. The van der Waals surface area contributed by atoms with Gasteiger partial charge in [0.05, 0.1) is 11.8 Å². The SMILES string of the molecule is COC(C)C(C)NCc1nc(C)c(C)s1. The number of aromatic nitrogens is 1. The van der Waals surface area contributed by atoms with Crippen LogP contribution in [0, 0.1) is 13.8 Å². The van der Waals surface area contributed by atoms with Crippen molar-refractivity contribution in [2.45, 2.75) is 46.4 Å². The van der Waals surface area contributed by atoms with Crippen LogP contribution in [0.15, 0.2) is 0 Å². The first-order valence-corrected chi connectivity index (χ1v) is 6.05. The zero-order chi connectivity index (χ0) is 11.4. The zero-order valence-electron chi connectivity index (χ0n) is 10.1. The Bertz CT molecular complexity index is 292. The van der Waals surface area contributed by atoms with E-state index in [0.29, 0.717) is 6.04 Å². The third kappa shape index (κ3) is 3.55. The van der Waals surface area contributed by atoms with Gasteiger partial charge in [0, 0.05) is 24.6 Å². The number of aryl methyl sites for hydroxylation is 2. The number of methoxy groups -OCH3 is 1. The van der Waals surface area contributed by atoms with Gasteiger partial charge in [0.15, 0.2) is 0 Å². The molecule has 4 heteroatoms. The fourth-order valence-corrected chi connectivity index (χ4v) is 2.12. The lowest BCUT2D eigenvalue weighted by Crippen LogP contribution is -2.36. The molecule has 0 aliphatic heterocycles. The van der Waals surface area contributed by atoms with Gasteiger partial charge in [0.1, 0.15) is 5.01 Å². The molecule has 0 saturated carbocycles. The highest BCUT2D eigenvalue weighted by Gasteiger charge is 2.11. The lowest BCUT2D eigenvalue weighted by molar-refractivity contribution is 0.0882. The molecule has 0 saturated heterocycles. The van der Waals surface area contributed by atoms with Gasteiger partial charge in [-0.25, -0.2) is 4.98 Å². The quantitative estimate of drug-likeness (QED) is 0.839. The van der Waals surface area contributed by atoms with Gasteiger partial charge in [-0.3, -0.25) is 0 Å². The molecule has 0 aromatic carbocycles. The highest BCUT2D eigenvalue weighted by Crippen LogP contribution is 2.16. The van der Waals surface area contributed by atoms with Crippen LogP contribution in [-0.4, -0.2) is 24.2 Å². The van der Waals surface area contributed by atoms with Gasteiger partial charge in [-0.2, -0.15) is 0 Å². The van der Waals surface area contributed by atoms with Gasteiger partial charge in [-0.1, -0.05) is 0 Å². The van der Waals surface area contributed by atoms with Crippen molar-refractivity contribution in [3.05, 3.63) is 15.6 Å². The maximum Gasteiger partial charge on any atom is 0.107 e. The molecule has 1 N–H and O–H groups in total. The maximum atomic E-state index is 5.25. The fraction of sp³-hybridized carbons (Fsp3) is 0.727. The largest absolute Gasteiger partial charge is 0.380 e. The Morgan fingerprint density at radius 1 is 1.40 bits per heavy atom. The van der Waals surface area contributed by atoms with Gasteiger partial charge in [0.25, 0.3) is 0 Å². The van der Waals surface area contributed by atoms with E-state index in [-0.39, 0.29) is 6.10 Å². The van der Waals surface area contributed by atoms with Crippen LogP contribution < -0.4 is 5.32 Å². The van der Waals surface area contributed by atoms with E-state index in [1.807, 2.05) is 0 Å². The van der Waals surface area contributed by atoms with Gasteiger partial charge in [-0.05, 0) is 27.7 Å². The van der Waals surface area contributed by atoms with Crippen LogP contribution in [0.1, 0.15) is 29.4 Å². The number of hydrogen-bond donors (Lipinski definition) is 1. The van der Waals surface area contributed by atoms with E-state index < -0.39 is 0 Å². The topological polar surface area (TPSA) is 34.1 Å². The summed E-state index contributed by atoms with van der Waals surface area (Å²) in [5.41, 5.74) is 1.14. The Morgan fingerprint density at radius 2 is 2.07 bits per heavy atom. The molecule has 2 atom stereocenters. The first kappa shape index (κ1) is 12.6. The number of hydrogen-bond acceptors (Lipinski definition) is 4. The van der Waals surface area contributed by atoms with Crippen molar-refractivity contribution < 1.29 is 4.74 Å². The predicted octanol–water partition coefficient (Wildman–Crippen LogP) is 2.27. The standard InChI is InChI=1S/C11H20N2OS/c1-7(9(3)14-5)12-6-11-13-8(2)10(4)15-11/h7,9,12H,6H2,1-5H3. The molecule has 2 unspecified atom stereocenters. The Morgan fingerprint density at radius 3 is 2.53 bits per heavy atom. The van der Waals surface area contributed by atoms with Gasteiger partial charge >= 0.3 is 0 Å². The van der Waals surface area contributed by atoms with Crippen LogP contribution in [0.4, 0.5) is 0 Å². The molecule has 1 aromatic rings. The van der Waals surface area contributed by atoms with E-state index in [1.54, 1.807) is 18.4 Å². The number of thiazole rings is 1. The van der Waals surface area contributed by atoms with E-state index in [9.17, 15) is 0 Å². The summed E-state index contributed by atoms with van der Waals surface area (Å²) in [6.45, 7) is 9.18. The molecule has 0 spiro atoms. The van der Waals surface area contributed by atoms with Crippen LogP contribution in [0.5, 0.6) is 0 Å². The summed E-state index contributed by atoms with van der Waals surface area (Å²) < 4.78 is 5.25. The molecule has 3 nitrogen and oxygen atoms in total. The summed E-state index contributed by atoms with van der Waals surface area (Å²) in [6.07, 6.45) is 0.229. The monoisotopic (exact) mass is 228 g/mol. The third-order valence-electron chi connectivity index (χ3n) is 2.72. The minimum atomic E-state index is 0.229. The first-order valence-electron chi connectivity index (χ1n) is 5.23. The highest BCUT2D eigenvalue weighted by atomic mass is 32.1. The normalized spacial score (nSPS) is 15.3. The zero-order valence-corrected chi connectivity index (χ0v) is 10.9. The van der Waals surface area contributed by atoms with E-state index in [2.05, 4.69) is 38.0 Å². The molecule has 1 aromatic heterocycles. The molecule has 0 amide bonds. The summed E-state index contributed by atoms with van der Waals surface area (Å²) >= 11 is 1.76. The molecule has 0 aliphatic rings. The summed E-state index contributed by atoms with van der Waals surface area (Å²) in [4.78, 5) is 5.79. The molecular weight excluding hydrogens is 208 g/mol. The summed E-state index contributed by atoms with van der Waals surface area (Å²) in [5, 5.41) is 4.57. The fourth-order valence-electron chi connectivity index (χ4n) is 1.23. The van der Waals surface area contributed by atoms with Crippen LogP contribution in [-0.2, 0) is 11.3 Å². The van der Waals surface area contributed by atoms with Crippen molar-refractivity contribution in [1.82, 2.24) is 10.3 Å². The average molecular weight is 228 g/mol. The van der Waals surface area contributed by atoms with Crippen molar-refractivity contribution in [1.29, 1.82) is 0 Å². The molecule has 1 rings (SSSR count). The van der Waals surface area contributed by atoms with Crippen LogP contribution in [0.2, 0.25) is 0 Å². The summed E-state index contributed by atoms with van der Waals surface area (Å²) in [5.74, 6) is 0. The minimum Gasteiger partial charge on any atom is -0.380 e. The molecular formula is C11H20N2OS. The average Bonchev–Trinajstić information content (AvgIpc) is 2.54. The molecule has 86 valence electrons. The van der Waals surface area contributed by atoms with Crippen molar-refractivity contribution in [3.8, 4) is 0 Å². The second kappa shape index (κ2) is 5.58. The Labute approximate surface area is 95.9 Å². The van der Waals surface area contributed by atoms with Crippen molar-refractivity contribution in [2.24, 2.45) is 0 Å². The second-order valence-corrected chi connectivity index (χ2v) is 5.15. The van der Waals surface area contributed by atoms with Crippen molar-refractivity contribution in [3.63, 3.8) is 0 Å². The molecule has 0 fully saturated rings. The van der Waals surface area contributed by atoms with Crippen LogP contribution in [0.25, 0.3) is 0 Å². The smallest absolute Gasteiger partial charge is 0.107 e. The van der Waals surface area contributed by atoms with E-state index in [4.69, 9.17) is 4.74 Å². The lowest BCUT2D eigenvalue weighted by atomic mass is 10.2. The Hall–Kier alpha value is -0.450. The molecule has 0 bridgehead atoms.